The van der Waals surface area contributed by atoms with E-state index in [2.05, 4.69) is 6.92 Å². The van der Waals surface area contributed by atoms with Crippen LogP contribution in [0.4, 0.5) is 5.69 Å². The van der Waals surface area contributed by atoms with Crippen LogP contribution < -0.4 is 14.4 Å². The Kier molecular flexibility index (Phi) is 6.11. The molecule has 2 heterocycles. The van der Waals surface area contributed by atoms with Gasteiger partial charge in [0.05, 0.1) is 49.2 Å². The number of halogens is 2. The van der Waals surface area contributed by atoms with Crippen molar-refractivity contribution in [3.63, 3.8) is 0 Å². The zero-order chi connectivity index (χ0) is 21.3. The van der Waals surface area contributed by atoms with Gasteiger partial charge in [0.1, 0.15) is 0 Å². The maximum atomic E-state index is 13.4. The van der Waals surface area contributed by atoms with Gasteiger partial charge in [0.15, 0.2) is 11.5 Å². The molecule has 4 rings (SSSR count). The normalized spacial score (nSPS) is 16.9. The molecule has 6 nitrogen and oxygen atoms in total. The number of unbranched alkanes of at least 4 members (excludes halogenated alkanes) is 1. The standard InChI is InChI=1S/C22H23Cl2NO5/c1-3-4-9-28-17-8-5-14(12-18(17)27-2)13-25-20-15(6-7-16(23)19(20)24)22(21(25)26)29-10-11-30-22/h5-8,12H,3-4,9-11,13H2,1-2H3. The molecule has 30 heavy (non-hydrogen) atoms. The molecule has 0 radical (unpaired) electrons. The van der Waals surface area contributed by atoms with Gasteiger partial charge in [-0.3, -0.25) is 4.79 Å². The highest BCUT2D eigenvalue weighted by molar-refractivity contribution is 6.44. The molecule has 160 valence electrons. The summed E-state index contributed by atoms with van der Waals surface area (Å²) in [6.45, 7) is 3.64. The lowest BCUT2D eigenvalue weighted by Crippen LogP contribution is -2.40. The van der Waals surface area contributed by atoms with Crippen molar-refractivity contribution in [3.05, 3.63) is 51.5 Å². The molecule has 2 aromatic rings. The van der Waals surface area contributed by atoms with E-state index < -0.39 is 5.79 Å². The number of rotatable bonds is 7. The summed E-state index contributed by atoms with van der Waals surface area (Å²) in [4.78, 5) is 14.9. The Morgan fingerprint density at radius 2 is 1.90 bits per heavy atom. The van der Waals surface area contributed by atoms with E-state index >= 15 is 0 Å². The fourth-order valence-electron chi connectivity index (χ4n) is 3.74. The third kappa shape index (κ3) is 3.52. The quantitative estimate of drug-likeness (QED) is 0.558. The minimum Gasteiger partial charge on any atom is -0.493 e. The molecule has 2 aromatic carbocycles. The van der Waals surface area contributed by atoms with E-state index in [0.717, 1.165) is 18.4 Å². The molecule has 0 bridgehead atoms. The molecule has 1 fully saturated rings. The highest BCUT2D eigenvalue weighted by atomic mass is 35.5. The molecule has 1 saturated heterocycles. The van der Waals surface area contributed by atoms with Crippen LogP contribution in [-0.4, -0.2) is 32.8 Å². The molecule has 0 unspecified atom stereocenters. The Morgan fingerprint density at radius 1 is 1.13 bits per heavy atom. The fraction of sp³-hybridized carbons (Fsp3) is 0.409. The number of carbonyl (C=O) groups excluding carboxylic acids is 1. The van der Waals surface area contributed by atoms with E-state index in [9.17, 15) is 4.79 Å². The van der Waals surface area contributed by atoms with E-state index in [-0.39, 0.29) is 12.5 Å². The fourth-order valence-corrected chi connectivity index (χ4v) is 4.16. The maximum absolute atomic E-state index is 13.4. The molecular weight excluding hydrogens is 429 g/mol. The van der Waals surface area contributed by atoms with Gasteiger partial charge in [-0.15, -0.1) is 0 Å². The van der Waals surface area contributed by atoms with Gasteiger partial charge in [0.25, 0.3) is 11.7 Å². The molecule has 1 spiro atoms. The Labute approximate surface area is 185 Å². The largest absolute Gasteiger partial charge is 0.493 e. The second-order valence-corrected chi connectivity index (χ2v) is 7.93. The van der Waals surface area contributed by atoms with Gasteiger partial charge in [0, 0.05) is 5.56 Å². The van der Waals surface area contributed by atoms with Crippen LogP contribution >= 0.6 is 23.2 Å². The van der Waals surface area contributed by atoms with Crippen molar-refractivity contribution in [1.82, 2.24) is 0 Å². The molecule has 0 aromatic heterocycles. The van der Waals surface area contributed by atoms with Crippen molar-refractivity contribution >= 4 is 34.8 Å². The van der Waals surface area contributed by atoms with Crippen LogP contribution in [0.2, 0.25) is 10.0 Å². The van der Waals surface area contributed by atoms with Crippen molar-refractivity contribution in [3.8, 4) is 11.5 Å². The molecule has 2 aliphatic heterocycles. The highest BCUT2D eigenvalue weighted by Gasteiger charge is 2.56. The maximum Gasteiger partial charge on any atom is 0.292 e. The van der Waals surface area contributed by atoms with Crippen LogP contribution in [0.1, 0.15) is 30.9 Å². The van der Waals surface area contributed by atoms with Gasteiger partial charge >= 0.3 is 0 Å². The molecular formula is C22H23Cl2NO5. The number of hydrogen-bond acceptors (Lipinski definition) is 5. The Balaban J connectivity index is 1.67. The van der Waals surface area contributed by atoms with Gasteiger partial charge in [0.2, 0.25) is 0 Å². The zero-order valence-electron chi connectivity index (χ0n) is 16.9. The summed E-state index contributed by atoms with van der Waals surface area (Å²) >= 11 is 12.7. The predicted molar refractivity (Wildman–Crippen MR) is 115 cm³/mol. The number of ether oxygens (including phenoxy) is 4. The van der Waals surface area contributed by atoms with Crippen LogP contribution in [-0.2, 0) is 26.6 Å². The minimum atomic E-state index is -1.46. The molecule has 0 N–H and O–H groups in total. The van der Waals surface area contributed by atoms with Gasteiger partial charge in [-0.1, -0.05) is 42.6 Å². The number of benzene rings is 2. The van der Waals surface area contributed by atoms with Crippen molar-refractivity contribution in [2.75, 3.05) is 31.8 Å². The first kappa shape index (κ1) is 21.2. The Bertz CT molecular complexity index is 959. The second kappa shape index (κ2) is 8.63. The number of fused-ring (bicyclic) bond motifs is 2. The summed E-state index contributed by atoms with van der Waals surface area (Å²) in [5.74, 6) is -0.503. The lowest BCUT2D eigenvalue weighted by atomic mass is 10.1. The summed E-state index contributed by atoms with van der Waals surface area (Å²) in [5.41, 5.74) is 1.93. The van der Waals surface area contributed by atoms with E-state index in [0.29, 0.717) is 52.6 Å². The van der Waals surface area contributed by atoms with E-state index in [1.165, 1.54) is 0 Å². The highest BCUT2D eigenvalue weighted by Crippen LogP contribution is 2.51. The van der Waals surface area contributed by atoms with Gasteiger partial charge in [-0.05, 0) is 36.2 Å². The van der Waals surface area contributed by atoms with E-state index in [4.69, 9.17) is 42.1 Å². The lowest BCUT2D eigenvalue weighted by molar-refractivity contribution is -0.180. The average molecular weight is 452 g/mol. The van der Waals surface area contributed by atoms with Crippen molar-refractivity contribution in [2.24, 2.45) is 0 Å². The second-order valence-electron chi connectivity index (χ2n) is 7.15. The smallest absolute Gasteiger partial charge is 0.292 e. The molecule has 8 heteroatoms. The topological polar surface area (TPSA) is 57.2 Å². The van der Waals surface area contributed by atoms with Gasteiger partial charge in [-0.2, -0.15) is 0 Å². The number of amides is 1. The number of hydrogen-bond donors (Lipinski definition) is 0. The van der Waals surface area contributed by atoms with Crippen molar-refractivity contribution in [2.45, 2.75) is 32.1 Å². The third-order valence-corrected chi connectivity index (χ3v) is 6.03. The lowest BCUT2D eigenvalue weighted by Gasteiger charge is -2.22. The number of anilines is 1. The van der Waals surface area contributed by atoms with Crippen LogP contribution in [0.15, 0.2) is 30.3 Å². The minimum absolute atomic E-state index is 0.256. The number of nitrogens with zero attached hydrogens (tertiary/aromatic N) is 1. The van der Waals surface area contributed by atoms with Crippen molar-refractivity contribution in [1.29, 1.82) is 0 Å². The molecule has 0 saturated carbocycles. The average Bonchev–Trinajstić information content (AvgIpc) is 3.33. The van der Waals surface area contributed by atoms with Crippen LogP contribution in [0.25, 0.3) is 0 Å². The van der Waals surface area contributed by atoms with Gasteiger partial charge in [-0.25, -0.2) is 0 Å². The molecule has 0 atom stereocenters. The molecule has 0 aliphatic carbocycles. The number of carbonyl (C=O) groups is 1. The third-order valence-electron chi connectivity index (χ3n) is 5.24. The predicted octanol–water partition coefficient (Wildman–Crippen LogP) is 4.93. The monoisotopic (exact) mass is 451 g/mol. The van der Waals surface area contributed by atoms with Crippen molar-refractivity contribution < 1.29 is 23.7 Å². The summed E-state index contributed by atoms with van der Waals surface area (Å²) in [6.07, 6.45) is 2.01. The van der Waals surface area contributed by atoms with E-state index in [1.54, 1.807) is 24.1 Å². The SMILES string of the molecule is CCCCOc1ccc(CN2C(=O)C3(OCCO3)c3ccc(Cl)c(Cl)c32)cc1OC. The Morgan fingerprint density at radius 3 is 2.60 bits per heavy atom. The summed E-state index contributed by atoms with van der Waals surface area (Å²) in [7, 11) is 1.59. The summed E-state index contributed by atoms with van der Waals surface area (Å²) < 4.78 is 22.8. The summed E-state index contributed by atoms with van der Waals surface area (Å²) in [6, 6.07) is 8.99. The van der Waals surface area contributed by atoms with Crippen LogP contribution in [0.3, 0.4) is 0 Å². The molecule has 1 amide bonds. The zero-order valence-corrected chi connectivity index (χ0v) is 18.4. The first-order valence-electron chi connectivity index (χ1n) is 9.90. The summed E-state index contributed by atoms with van der Waals surface area (Å²) in [5, 5.41) is 0.658. The van der Waals surface area contributed by atoms with E-state index in [1.807, 2.05) is 18.2 Å². The number of methoxy groups -OCH3 is 1. The Hall–Kier alpha value is -1.99. The first-order valence-corrected chi connectivity index (χ1v) is 10.7. The van der Waals surface area contributed by atoms with Gasteiger partial charge < -0.3 is 23.8 Å². The van der Waals surface area contributed by atoms with Crippen LogP contribution in [0, 0.1) is 0 Å². The molecule has 2 aliphatic rings. The first-order chi connectivity index (χ1) is 14.5. The van der Waals surface area contributed by atoms with Crippen LogP contribution in [0.5, 0.6) is 11.5 Å².